The normalized spacial score (nSPS) is 11.7. The summed E-state index contributed by atoms with van der Waals surface area (Å²) >= 11 is 6.39. The molecule has 0 aliphatic carbocycles. The van der Waals surface area contributed by atoms with E-state index in [1.807, 2.05) is 37.3 Å². The second-order valence-electron chi connectivity index (χ2n) is 6.61. The molecule has 6 heteroatoms. The van der Waals surface area contributed by atoms with Crippen LogP contribution < -0.4 is 5.56 Å². The van der Waals surface area contributed by atoms with Crippen molar-refractivity contribution in [3.63, 3.8) is 0 Å². The molecule has 146 valence electrons. The van der Waals surface area contributed by atoms with E-state index in [0.29, 0.717) is 37.5 Å². The summed E-state index contributed by atoms with van der Waals surface area (Å²) in [6, 6.07) is 13.9. The highest BCUT2D eigenvalue weighted by Gasteiger charge is 2.15. The molecule has 3 rings (SSSR count). The molecular formula is C22H24ClN3O2. The molecular weight excluding hydrogens is 374 g/mol. The molecule has 0 atom stereocenters. The third-order valence-corrected chi connectivity index (χ3v) is 4.87. The Bertz CT molecular complexity index is 1020. The topological polar surface area (TPSA) is 46.8 Å². The molecule has 0 saturated heterocycles. The number of ether oxygens (including phenoxy) is 1. The molecule has 0 bridgehead atoms. The van der Waals surface area contributed by atoms with Crippen molar-refractivity contribution in [1.29, 1.82) is 0 Å². The number of methoxy groups -OCH3 is 1. The maximum Gasteiger partial charge on any atom is 0.263 e. The average molecular weight is 398 g/mol. The van der Waals surface area contributed by atoms with Crippen LogP contribution in [0, 0.1) is 6.92 Å². The van der Waals surface area contributed by atoms with Crippen LogP contribution in [0.4, 0.5) is 0 Å². The van der Waals surface area contributed by atoms with Gasteiger partial charge in [0.05, 0.1) is 12.2 Å². The maximum atomic E-state index is 13.0. The second kappa shape index (κ2) is 9.64. The van der Waals surface area contributed by atoms with E-state index in [0.717, 1.165) is 11.1 Å². The summed E-state index contributed by atoms with van der Waals surface area (Å²) in [5, 5.41) is 0.258. The van der Waals surface area contributed by atoms with Gasteiger partial charge in [-0.25, -0.2) is 4.98 Å². The fourth-order valence-electron chi connectivity index (χ4n) is 3.02. The first kappa shape index (κ1) is 20.3. The zero-order valence-electron chi connectivity index (χ0n) is 16.1. The summed E-state index contributed by atoms with van der Waals surface area (Å²) in [4.78, 5) is 19.5. The van der Waals surface area contributed by atoms with Gasteiger partial charge in [0.25, 0.3) is 5.56 Å². The SMILES string of the molecule is COCCN(C/C=C/c1ccccc1)Cc1c(Cl)nc2c(C)cccn2c1=O. The van der Waals surface area contributed by atoms with Crippen LogP contribution in [0.2, 0.25) is 5.15 Å². The van der Waals surface area contributed by atoms with Crippen molar-refractivity contribution >= 4 is 23.3 Å². The van der Waals surface area contributed by atoms with Crippen molar-refractivity contribution in [2.45, 2.75) is 13.5 Å². The summed E-state index contributed by atoms with van der Waals surface area (Å²) in [6.07, 6.45) is 5.87. The molecule has 0 N–H and O–H groups in total. The lowest BCUT2D eigenvalue weighted by molar-refractivity contribution is 0.151. The maximum absolute atomic E-state index is 13.0. The highest BCUT2D eigenvalue weighted by Crippen LogP contribution is 2.15. The average Bonchev–Trinajstić information content (AvgIpc) is 2.70. The van der Waals surface area contributed by atoms with Crippen molar-refractivity contribution in [2.75, 3.05) is 26.8 Å². The van der Waals surface area contributed by atoms with E-state index >= 15 is 0 Å². The van der Waals surface area contributed by atoms with E-state index in [4.69, 9.17) is 16.3 Å². The van der Waals surface area contributed by atoms with E-state index in [1.54, 1.807) is 17.7 Å². The number of aromatic nitrogens is 2. The number of fused-ring (bicyclic) bond motifs is 1. The predicted octanol–water partition coefficient (Wildman–Crippen LogP) is 3.82. The number of aryl methyl sites for hydroxylation is 1. The minimum Gasteiger partial charge on any atom is -0.383 e. The van der Waals surface area contributed by atoms with E-state index in [1.165, 1.54) is 0 Å². The Balaban J connectivity index is 1.84. The molecule has 0 amide bonds. The first-order chi connectivity index (χ1) is 13.6. The zero-order valence-corrected chi connectivity index (χ0v) is 16.9. The van der Waals surface area contributed by atoms with Crippen molar-refractivity contribution < 1.29 is 4.74 Å². The molecule has 0 fully saturated rings. The third-order valence-electron chi connectivity index (χ3n) is 4.56. The Morgan fingerprint density at radius 1 is 1.21 bits per heavy atom. The first-order valence-electron chi connectivity index (χ1n) is 9.19. The van der Waals surface area contributed by atoms with Gasteiger partial charge in [-0.05, 0) is 24.1 Å². The van der Waals surface area contributed by atoms with Crippen LogP contribution in [0.3, 0.4) is 0 Å². The van der Waals surface area contributed by atoms with Gasteiger partial charge in [0.1, 0.15) is 10.8 Å². The number of pyridine rings is 1. The Labute approximate surface area is 169 Å². The summed E-state index contributed by atoms with van der Waals surface area (Å²) < 4.78 is 6.78. The Morgan fingerprint density at radius 3 is 2.75 bits per heavy atom. The van der Waals surface area contributed by atoms with Crippen LogP contribution >= 0.6 is 11.6 Å². The standard InChI is InChI=1S/C22H24ClN3O2/c1-17-8-6-13-26-21(17)24-20(23)19(22(26)27)16-25(14-15-28-2)12-7-11-18-9-4-3-5-10-18/h3-11,13H,12,14-16H2,1-2H3/b11-7+. The van der Waals surface area contributed by atoms with Crippen molar-refractivity contribution in [2.24, 2.45) is 0 Å². The van der Waals surface area contributed by atoms with E-state index in [9.17, 15) is 4.79 Å². The molecule has 0 aliphatic rings. The third kappa shape index (κ3) is 4.87. The van der Waals surface area contributed by atoms with Crippen molar-refractivity contribution in [3.05, 3.63) is 86.9 Å². The molecule has 0 radical (unpaired) electrons. The summed E-state index contributed by atoms with van der Waals surface area (Å²) in [7, 11) is 1.67. The molecule has 0 spiro atoms. The fraction of sp³-hybridized carbons (Fsp3) is 0.273. The van der Waals surface area contributed by atoms with Gasteiger partial charge in [-0.2, -0.15) is 0 Å². The highest BCUT2D eigenvalue weighted by atomic mass is 35.5. The van der Waals surface area contributed by atoms with Crippen LogP contribution in [0.1, 0.15) is 16.7 Å². The molecule has 28 heavy (non-hydrogen) atoms. The summed E-state index contributed by atoms with van der Waals surface area (Å²) in [6.45, 7) is 4.24. The number of hydrogen-bond acceptors (Lipinski definition) is 4. The lowest BCUT2D eigenvalue weighted by Gasteiger charge is -2.20. The molecule has 2 heterocycles. The van der Waals surface area contributed by atoms with Gasteiger partial charge in [0.15, 0.2) is 0 Å². The van der Waals surface area contributed by atoms with E-state index in [-0.39, 0.29) is 10.7 Å². The Kier molecular flexibility index (Phi) is 6.98. The van der Waals surface area contributed by atoms with Gasteiger partial charge in [0, 0.05) is 32.9 Å². The molecule has 0 saturated carbocycles. The molecule has 0 aliphatic heterocycles. The van der Waals surface area contributed by atoms with Crippen molar-refractivity contribution in [1.82, 2.24) is 14.3 Å². The lowest BCUT2D eigenvalue weighted by atomic mass is 10.2. The number of rotatable bonds is 8. The molecule has 3 aromatic rings. The lowest BCUT2D eigenvalue weighted by Crippen LogP contribution is -2.32. The largest absolute Gasteiger partial charge is 0.383 e. The minimum atomic E-state index is -0.131. The molecule has 1 aromatic carbocycles. The van der Waals surface area contributed by atoms with Gasteiger partial charge in [0.2, 0.25) is 0 Å². The summed E-state index contributed by atoms with van der Waals surface area (Å²) in [5.74, 6) is 0. The second-order valence-corrected chi connectivity index (χ2v) is 6.97. The van der Waals surface area contributed by atoms with Crippen LogP contribution in [-0.4, -0.2) is 41.1 Å². The van der Waals surface area contributed by atoms with Crippen LogP contribution in [0.25, 0.3) is 11.7 Å². The molecule has 5 nitrogen and oxygen atoms in total. The van der Waals surface area contributed by atoms with Gasteiger partial charge < -0.3 is 4.74 Å². The zero-order chi connectivity index (χ0) is 19.9. The van der Waals surface area contributed by atoms with Gasteiger partial charge in [-0.3, -0.25) is 14.1 Å². The first-order valence-corrected chi connectivity index (χ1v) is 9.57. The van der Waals surface area contributed by atoms with Crippen LogP contribution in [-0.2, 0) is 11.3 Å². The molecule has 0 unspecified atom stereocenters. The van der Waals surface area contributed by atoms with E-state index in [2.05, 4.69) is 34.2 Å². The van der Waals surface area contributed by atoms with Crippen molar-refractivity contribution in [3.8, 4) is 0 Å². The Hall–Kier alpha value is -2.47. The monoisotopic (exact) mass is 397 g/mol. The number of benzene rings is 1. The molecule has 2 aromatic heterocycles. The number of halogens is 1. The van der Waals surface area contributed by atoms with Gasteiger partial charge in [-0.15, -0.1) is 0 Å². The summed E-state index contributed by atoms with van der Waals surface area (Å²) in [5.41, 5.74) is 3.00. The van der Waals surface area contributed by atoms with Gasteiger partial charge in [-0.1, -0.05) is 60.2 Å². The van der Waals surface area contributed by atoms with Crippen LogP contribution in [0.5, 0.6) is 0 Å². The fourth-order valence-corrected chi connectivity index (χ4v) is 3.24. The highest BCUT2D eigenvalue weighted by molar-refractivity contribution is 6.30. The minimum absolute atomic E-state index is 0.131. The van der Waals surface area contributed by atoms with Crippen LogP contribution in [0.15, 0.2) is 59.5 Å². The quantitative estimate of drug-likeness (QED) is 0.542. The number of hydrogen-bond donors (Lipinski definition) is 0. The predicted molar refractivity (Wildman–Crippen MR) is 114 cm³/mol. The smallest absolute Gasteiger partial charge is 0.263 e. The number of nitrogens with zero attached hydrogens (tertiary/aromatic N) is 3. The van der Waals surface area contributed by atoms with Gasteiger partial charge >= 0.3 is 0 Å². The van der Waals surface area contributed by atoms with E-state index < -0.39 is 0 Å². The Morgan fingerprint density at radius 2 is 2.00 bits per heavy atom.